The highest BCUT2D eigenvalue weighted by Gasteiger charge is 1.68. The van der Waals surface area contributed by atoms with Crippen LogP contribution in [0.4, 0.5) is 0 Å². The summed E-state index contributed by atoms with van der Waals surface area (Å²) in [5, 5.41) is 0. The van der Waals surface area contributed by atoms with Gasteiger partial charge in [-0.25, -0.2) is 0 Å². The summed E-state index contributed by atoms with van der Waals surface area (Å²) in [5.74, 6) is 0. The van der Waals surface area contributed by atoms with E-state index in [4.69, 9.17) is 0 Å². The smallest absolute Gasteiger partial charge is 0.171 e. The van der Waals surface area contributed by atoms with E-state index in [0.717, 1.165) is 0 Å². The first-order chi connectivity index (χ1) is 3.41. The monoisotopic (exact) mass is 100 g/mol. The van der Waals surface area contributed by atoms with E-state index in [1.165, 1.54) is 6.26 Å². The van der Waals surface area contributed by atoms with Gasteiger partial charge in [0.2, 0.25) is 0 Å². The van der Waals surface area contributed by atoms with Crippen LogP contribution in [0.1, 0.15) is 6.92 Å². The van der Waals surface area contributed by atoms with E-state index in [0.29, 0.717) is 6.61 Å². The highest BCUT2D eigenvalue weighted by atomic mass is 17.2. The molecule has 40 valence electrons. The molecule has 0 rings (SSSR count). The second-order valence-corrected chi connectivity index (χ2v) is 0.825. The molecule has 0 heterocycles. The second kappa shape index (κ2) is 5.28. The van der Waals surface area contributed by atoms with Crippen molar-refractivity contribution >= 4 is 0 Å². The van der Waals surface area contributed by atoms with Gasteiger partial charge in [0.25, 0.3) is 0 Å². The Kier molecular flexibility index (Phi) is 4.74. The van der Waals surface area contributed by atoms with Crippen LogP contribution in [0, 0.1) is 0 Å². The number of hydrogen-bond donors (Lipinski definition) is 0. The van der Waals surface area contributed by atoms with Crippen molar-refractivity contribution in [2.24, 2.45) is 0 Å². The first-order valence-corrected chi connectivity index (χ1v) is 2.04. The Morgan fingerprint density at radius 1 is 1.86 bits per heavy atom. The molecule has 0 aliphatic carbocycles. The van der Waals surface area contributed by atoms with E-state index in [1.807, 2.05) is 6.92 Å². The van der Waals surface area contributed by atoms with Crippen LogP contribution in [0.5, 0.6) is 0 Å². The molecule has 0 aliphatic rings. The Hall–Kier alpha value is -0.720. The van der Waals surface area contributed by atoms with Crippen molar-refractivity contribution in [1.82, 2.24) is 0 Å². The standard InChI is InChI=1S/C5H8O2/c1-3-5-7-6-4-2/h5H,1,4H2,2H3. The van der Waals surface area contributed by atoms with Gasteiger partial charge in [0.1, 0.15) is 0 Å². The van der Waals surface area contributed by atoms with Gasteiger partial charge >= 0.3 is 0 Å². The molecule has 0 fully saturated rings. The highest BCUT2D eigenvalue weighted by molar-refractivity contribution is 4.61. The SMILES string of the molecule is C=C=COOCC. The minimum atomic E-state index is 0.540. The average molecular weight is 100 g/mol. The van der Waals surface area contributed by atoms with Crippen LogP contribution in [0.2, 0.25) is 0 Å². The molecule has 0 saturated heterocycles. The summed E-state index contributed by atoms with van der Waals surface area (Å²) in [7, 11) is 0. The number of hydrogen-bond acceptors (Lipinski definition) is 2. The minimum Gasteiger partial charge on any atom is -0.337 e. The third kappa shape index (κ3) is 5.28. The molecule has 0 spiro atoms. The van der Waals surface area contributed by atoms with Gasteiger partial charge in [-0.2, -0.15) is 4.89 Å². The molecular weight excluding hydrogens is 92.1 g/mol. The minimum absolute atomic E-state index is 0.540. The van der Waals surface area contributed by atoms with Gasteiger partial charge in [0.15, 0.2) is 6.26 Å². The molecule has 7 heavy (non-hydrogen) atoms. The average Bonchev–Trinajstić information content (AvgIpc) is 1.69. The summed E-state index contributed by atoms with van der Waals surface area (Å²) >= 11 is 0. The third-order valence-electron chi connectivity index (χ3n) is 0.317. The first-order valence-electron chi connectivity index (χ1n) is 2.04. The van der Waals surface area contributed by atoms with Crippen LogP contribution < -0.4 is 0 Å². The lowest BCUT2D eigenvalue weighted by Gasteiger charge is -1.89. The van der Waals surface area contributed by atoms with Gasteiger partial charge in [0, 0.05) is 0 Å². The zero-order valence-corrected chi connectivity index (χ0v) is 4.31. The predicted octanol–water partition coefficient (Wildman–Crippen LogP) is 1.25. The Morgan fingerprint density at radius 2 is 2.57 bits per heavy atom. The van der Waals surface area contributed by atoms with E-state index < -0.39 is 0 Å². The van der Waals surface area contributed by atoms with Crippen molar-refractivity contribution in [3.63, 3.8) is 0 Å². The van der Waals surface area contributed by atoms with Crippen LogP contribution in [0.3, 0.4) is 0 Å². The quantitative estimate of drug-likeness (QED) is 0.175. The summed E-state index contributed by atoms with van der Waals surface area (Å²) in [6.07, 6.45) is 1.25. The predicted molar refractivity (Wildman–Crippen MR) is 26.4 cm³/mol. The molecule has 0 radical (unpaired) electrons. The molecule has 0 amide bonds. The van der Waals surface area contributed by atoms with Gasteiger partial charge in [-0.3, -0.25) is 0 Å². The summed E-state index contributed by atoms with van der Waals surface area (Å²) < 4.78 is 0. The maximum atomic E-state index is 4.42. The molecule has 2 nitrogen and oxygen atoms in total. The molecule has 0 aromatic rings. The van der Waals surface area contributed by atoms with Crippen LogP contribution in [0.25, 0.3) is 0 Å². The van der Waals surface area contributed by atoms with Crippen molar-refractivity contribution in [3.8, 4) is 0 Å². The normalized spacial score (nSPS) is 7.00. The summed E-state index contributed by atoms with van der Waals surface area (Å²) in [6, 6.07) is 0. The van der Waals surface area contributed by atoms with Gasteiger partial charge in [-0.05, 0) is 6.92 Å². The molecule has 0 atom stereocenters. The fraction of sp³-hybridized carbons (Fsp3) is 0.400. The fourth-order valence-electron chi connectivity index (χ4n) is 0.136. The number of rotatable bonds is 3. The van der Waals surface area contributed by atoms with Crippen molar-refractivity contribution in [2.45, 2.75) is 6.92 Å². The summed E-state index contributed by atoms with van der Waals surface area (Å²) in [5.41, 5.74) is 2.38. The molecule has 0 saturated carbocycles. The lowest BCUT2D eigenvalue weighted by Crippen LogP contribution is -1.82. The van der Waals surface area contributed by atoms with Gasteiger partial charge in [-0.1, -0.05) is 12.3 Å². The Labute approximate surface area is 43.0 Å². The van der Waals surface area contributed by atoms with E-state index >= 15 is 0 Å². The Bertz CT molecular complexity index is 72.1. The van der Waals surface area contributed by atoms with Crippen molar-refractivity contribution in [2.75, 3.05) is 6.61 Å². The van der Waals surface area contributed by atoms with Gasteiger partial charge < -0.3 is 4.89 Å². The van der Waals surface area contributed by atoms with E-state index in [2.05, 4.69) is 22.1 Å². The van der Waals surface area contributed by atoms with Crippen molar-refractivity contribution in [3.05, 3.63) is 18.6 Å². The first kappa shape index (κ1) is 6.28. The molecule has 0 unspecified atom stereocenters. The molecule has 0 aromatic heterocycles. The maximum absolute atomic E-state index is 4.42. The van der Waals surface area contributed by atoms with Crippen LogP contribution in [0.15, 0.2) is 18.6 Å². The lowest BCUT2D eigenvalue weighted by atomic mass is 10.9. The van der Waals surface area contributed by atoms with E-state index in [9.17, 15) is 0 Å². The van der Waals surface area contributed by atoms with Gasteiger partial charge in [-0.15, -0.1) is 0 Å². The van der Waals surface area contributed by atoms with Crippen molar-refractivity contribution < 1.29 is 9.78 Å². The molecule has 2 heteroatoms. The Morgan fingerprint density at radius 3 is 3.00 bits per heavy atom. The summed E-state index contributed by atoms with van der Waals surface area (Å²) in [6.45, 7) is 5.62. The molecule has 0 N–H and O–H groups in total. The second-order valence-electron chi connectivity index (χ2n) is 0.825. The fourth-order valence-corrected chi connectivity index (χ4v) is 0.136. The zero-order chi connectivity index (χ0) is 5.54. The largest absolute Gasteiger partial charge is 0.337 e. The van der Waals surface area contributed by atoms with Crippen LogP contribution >= 0.6 is 0 Å². The molecule has 0 aromatic carbocycles. The maximum Gasteiger partial charge on any atom is 0.171 e. The molecule has 0 aliphatic heterocycles. The van der Waals surface area contributed by atoms with E-state index in [-0.39, 0.29) is 0 Å². The third-order valence-corrected chi connectivity index (χ3v) is 0.317. The lowest BCUT2D eigenvalue weighted by molar-refractivity contribution is -0.244. The van der Waals surface area contributed by atoms with Crippen LogP contribution in [-0.4, -0.2) is 6.61 Å². The topological polar surface area (TPSA) is 18.5 Å². The van der Waals surface area contributed by atoms with Gasteiger partial charge in [0.05, 0.1) is 6.61 Å². The van der Waals surface area contributed by atoms with E-state index in [1.54, 1.807) is 0 Å². The highest BCUT2D eigenvalue weighted by Crippen LogP contribution is 1.74. The van der Waals surface area contributed by atoms with Crippen molar-refractivity contribution in [1.29, 1.82) is 0 Å². The Balaban J connectivity index is 2.83. The molecular formula is C5H8O2. The molecule has 0 bridgehead atoms. The zero-order valence-electron chi connectivity index (χ0n) is 4.31. The van der Waals surface area contributed by atoms with Crippen LogP contribution in [-0.2, 0) is 9.78 Å². The summed E-state index contributed by atoms with van der Waals surface area (Å²) in [4.78, 5) is 8.75.